The van der Waals surface area contributed by atoms with Gasteiger partial charge in [0.15, 0.2) is 0 Å². The molecule has 0 bridgehead atoms. The molecular formula is C10H15N7. The van der Waals surface area contributed by atoms with Gasteiger partial charge in [-0.2, -0.15) is 15.0 Å². The summed E-state index contributed by atoms with van der Waals surface area (Å²) in [5.74, 6) is 1.73. The van der Waals surface area contributed by atoms with Crippen LogP contribution in [0.5, 0.6) is 0 Å². The number of hydrogen-bond acceptors (Lipinski definition) is 6. The Bertz CT molecular complexity index is 479. The third-order valence-corrected chi connectivity index (χ3v) is 2.39. The highest BCUT2D eigenvalue weighted by Gasteiger charge is 2.09. The maximum Gasteiger partial charge on any atom is 0.241 e. The molecule has 1 N–H and O–H groups in total. The first-order chi connectivity index (χ1) is 8.24. The van der Waals surface area contributed by atoms with E-state index in [2.05, 4.69) is 25.3 Å². The molecule has 7 nitrogen and oxygen atoms in total. The first-order valence-electron chi connectivity index (χ1n) is 5.38. The lowest BCUT2D eigenvalue weighted by atomic mass is 10.6. The number of anilines is 2. The Morgan fingerprint density at radius 2 is 2.18 bits per heavy atom. The van der Waals surface area contributed by atoms with Gasteiger partial charge in [-0.1, -0.05) is 0 Å². The van der Waals surface area contributed by atoms with Crippen LogP contribution < -0.4 is 10.2 Å². The van der Waals surface area contributed by atoms with Gasteiger partial charge in [0.1, 0.15) is 6.33 Å². The molecule has 0 aliphatic carbocycles. The number of nitrogens with zero attached hydrogens (tertiary/aromatic N) is 6. The first kappa shape index (κ1) is 11.3. The Hall–Kier alpha value is -2.18. The highest BCUT2D eigenvalue weighted by molar-refractivity contribution is 5.39. The summed E-state index contributed by atoms with van der Waals surface area (Å²) >= 11 is 0. The molecule has 2 heterocycles. The fraction of sp³-hybridized carbons (Fsp3) is 0.400. The lowest BCUT2D eigenvalue weighted by Crippen LogP contribution is -2.20. The Morgan fingerprint density at radius 1 is 1.35 bits per heavy atom. The van der Waals surface area contributed by atoms with Crippen LogP contribution in [0.15, 0.2) is 18.7 Å². The molecule has 0 saturated carbocycles. The lowest BCUT2D eigenvalue weighted by molar-refractivity contribution is 0.843. The van der Waals surface area contributed by atoms with Crippen LogP contribution in [0.3, 0.4) is 0 Å². The van der Waals surface area contributed by atoms with Gasteiger partial charge in [0.25, 0.3) is 0 Å². The summed E-state index contributed by atoms with van der Waals surface area (Å²) < 4.78 is 1.75. The van der Waals surface area contributed by atoms with Crippen LogP contribution in [0, 0.1) is 0 Å². The average Bonchev–Trinajstić information content (AvgIpc) is 2.91. The summed E-state index contributed by atoms with van der Waals surface area (Å²) in [6, 6.07) is 0. The van der Waals surface area contributed by atoms with Gasteiger partial charge in [-0.3, -0.25) is 4.57 Å². The van der Waals surface area contributed by atoms with E-state index in [1.54, 1.807) is 30.3 Å². The number of aromatic nitrogens is 5. The molecule has 0 aliphatic heterocycles. The maximum atomic E-state index is 4.38. The zero-order chi connectivity index (χ0) is 12.3. The summed E-state index contributed by atoms with van der Waals surface area (Å²) in [6.07, 6.45) is 5.14. The van der Waals surface area contributed by atoms with E-state index in [1.165, 1.54) is 0 Å². The van der Waals surface area contributed by atoms with Crippen molar-refractivity contribution >= 4 is 11.9 Å². The minimum absolute atomic E-state index is 0.541. The van der Waals surface area contributed by atoms with E-state index >= 15 is 0 Å². The summed E-state index contributed by atoms with van der Waals surface area (Å²) in [6.45, 7) is 2.87. The molecule has 2 rings (SSSR count). The van der Waals surface area contributed by atoms with Crippen molar-refractivity contribution in [3.63, 3.8) is 0 Å². The molecule has 0 fully saturated rings. The third kappa shape index (κ3) is 2.32. The van der Waals surface area contributed by atoms with Crippen molar-refractivity contribution in [2.75, 3.05) is 30.9 Å². The van der Waals surface area contributed by atoms with Crippen LogP contribution in [0.1, 0.15) is 6.92 Å². The molecule has 0 atom stereocenters. The van der Waals surface area contributed by atoms with Crippen LogP contribution in [0.25, 0.3) is 5.95 Å². The molecule has 0 saturated heterocycles. The molecule has 2 aromatic heterocycles. The molecule has 2 aromatic rings. The normalized spacial score (nSPS) is 10.3. The molecule has 0 aromatic carbocycles. The predicted octanol–water partition coefficient (Wildman–Crippen LogP) is 0.555. The highest BCUT2D eigenvalue weighted by Crippen LogP contribution is 2.11. The third-order valence-electron chi connectivity index (χ3n) is 2.39. The second-order valence-electron chi connectivity index (χ2n) is 3.49. The number of nitrogens with one attached hydrogen (secondary N) is 1. The standard InChI is InChI=1S/C10H15N7/c1-4-16(3)9-13-8(11-2)14-10(15-9)17-6-5-12-7-17/h5-7H,4H2,1-3H3,(H,11,13,14,15). The van der Waals surface area contributed by atoms with Crippen LogP contribution in [-0.4, -0.2) is 45.1 Å². The van der Waals surface area contributed by atoms with Crippen molar-refractivity contribution < 1.29 is 0 Å². The van der Waals surface area contributed by atoms with E-state index in [1.807, 2.05) is 18.9 Å². The molecular weight excluding hydrogens is 218 g/mol. The van der Waals surface area contributed by atoms with Gasteiger partial charge in [-0.15, -0.1) is 0 Å². The monoisotopic (exact) mass is 233 g/mol. The zero-order valence-corrected chi connectivity index (χ0v) is 10.1. The molecule has 0 aliphatic rings. The molecule has 0 spiro atoms. The largest absolute Gasteiger partial charge is 0.357 e. The quantitative estimate of drug-likeness (QED) is 0.831. The van der Waals surface area contributed by atoms with Crippen LogP contribution in [0.4, 0.5) is 11.9 Å². The molecule has 0 unspecified atom stereocenters. The van der Waals surface area contributed by atoms with E-state index in [0.717, 1.165) is 6.54 Å². The van der Waals surface area contributed by atoms with E-state index in [-0.39, 0.29) is 0 Å². The van der Waals surface area contributed by atoms with Gasteiger partial charge < -0.3 is 10.2 Å². The Morgan fingerprint density at radius 3 is 2.76 bits per heavy atom. The van der Waals surface area contributed by atoms with Gasteiger partial charge >= 0.3 is 0 Å². The lowest BCUT2D eigenvalue weighted by Gasteiger charge is -2.15. The van der Waals surface area contributed by atoms with Crippen molar-refractivity contribution in [3.8, 4) is 5.95 Å². The fourth-order valence-corrected chi connectivity index (χ4v) is 1.27. The predicted molar refractivity (Wildman–Crippen MR) is 65.4 cm³/mol. The summed E-state index contributed by atoms with van der Waals surface area (Å²) in [4.78, 5) is 18.9. The molecule has 17 heavy (non-hydrogen) atoms. The number of imidazole rings is 1. The minimum Gasteiger partial charge on any atom is -0.357 e. The average molecular weight is 233 g/mol. The summed E-state index contributed by atoms with van der Waals surface area (Å²) in [5.41, 5.74) is 0. The van der Waals surface area contributed by atoms with E-state index in [4.69, 9.17) is 0 Å². The minimum atomic E-state index is 0.541. The highest BCUT2D eigenvalue weighted by atomic mass is 15.3. The summed E-state index contributed by atoms with van der Waals surface area (Å²) in [5, 5.41) is 2.93. The maximum absolute atomic E-state index is 4.38. The van der Waals surface area contributed by atoms with Crippen LogP contribution in [0.2, 0.25) is 0 Å². The topological polar surface area (TPSA) is 71.8 Å². The van der Waals surface area contributed by atoms with Crippen molar-refractivity contribution in [3.05, 3.63) is 18.7 Å². The van der Waals surface area contributed by atoms with Gasteiger partial charge in [0.2, 0.25) is 17.8 Å². The first-order valence-corrected chi connectivity index (χ1v) is 5.38. The van der Waals surface area contributed by atoms with Gasteiger partial charge in [-0.05, 0) is 6.92 Å². The molecule has 7 heteroatoms. The van der Waals surface area contributed by atoms with Gasteiger partial charge in [-0.25, -0.2) is 4.98 Å². The van der Waals surface area contributed by atoms with Gasteiger partial charge in [0.05, 0.1) is 0 Å². The second kappa shape index (κ2) is 4.77. The van der Waals surface area contributed by atoms with Crippen LogP contribution >= 0.6 is 0 Å². The summed E-state index contributed by atoms with van der Waals surface area (Å²) in [7, 11) is 3.72. The van der Waals surface area contributed by atoms with E-state index < -0.39 is 0 Å². The van der Waals surface area contributed by atoms with Crippen molar-refractivity contribution in [1.29, 1.82) is 0 Å². The van der Waals surface area contributed by atoms with E-state index in [9.17, 15) is 0 Å². The van der Waals surface area contributed by atoms with Crippen LogP contribution in [-0.2, 0) is 0 Å². The van der Waals surface area contributed by atoms with Gasteiger partial charge in [0, 0.05) is 33.0 Å². The molecule has 0 radical (unpaired) electrons. The smallest absolute Gasteiger partial charge is 0.241 e. The number of hydrogen-bond donors (Lipinski definition) is 1. The zero-order valence-electron chi connectivity index (χ0n) is 10.1. The molecule has 90 valence electrons. The van der Waals surface area contributed by atoms with E-state index in [0.29, 0.717) is 17.8 Å². The van der Waals surface area contributed by atoms with Crippen molar-refractivity contribution in [1.82, 2.24) is 24.5 Å². The Labute approximate surface area is 99.6 Å². The SMILES string of the molecule is CCN(C)c1nc(NC)nc(-n2ccnc2)n1. The Kier molecular flexibility index (Phi) is 3.17. The molecule has 0 amide bonds. The second-order valence-corrected chi connectivity index (χ2v) is 3.49. The van der Waals surface area contributed by atoms with Crippen molar-refractivity contribution in [2.45, 2.75) is 6.92 Å². The van der Waals surface area contributed by atoms with Crippen molar-refractivity contribution in [2.24, 2.45) is 0 Å². The Balaban J connectivity index is 2.46. The number of rotatable bonds is 4. The fourth-order valence-electron chi connectivity index (χ4n) is 1.27.